The lowest BCUT2D eigenvalue weighted by atomic mass is 10.2. The van der Waals surface area contributed by atoms with E-state index < -0.39 is 6.61 Å². The molecule has 0 saturated carbocycles. The van der Waals surface area contributed by atoms with E-state index in [-0.39, 0.29) is 11.7 Å². The Kier molecular flexibility index (Phi) is 5.79. The van der Waals surface area contributed by atoms with Gasteiger partial charge in [0.05, 0.1) is 0 Å². The lowest BCUT2D eigenvalue weighted by Gasteiger charge is -2.07. The van der Waals surface area contributed by atoms with Crippen molar-refractivity contribution < 1.29 is 18.3 Å². The first-order valence-corrected chi connectivity index (χ1v) is 6.89. The van der Waals surface area contributed by atoms with Gasteiger partial charge >= 0.3 is 6.61 Å². The number of carbonyl (C=O) groups is 1. The highest BCUT2D eigenvalue weighted by Crippen LogP contribution is 2.21. The van der Waals surface area contributed by atoms with Gasteiger partial charge < -0.3 is 14.6 Å². The first kappa shape index (κ1) is 16.6. The van der Waals surface area contributed by atoms with Gasteiger partial charge in [-0.25, -0.2) is 0 Å². The van der Waals surface area contributed by atoms with E-state index in [2.05, 4.69) is 20.3 Å². The monoisotopic (exact) mass is 322 g/mol. The van der Waals surface area contributed by atoms with E-state index in [1.807, 2.05) is 7.05 Å². The third-order valence-electron chi connectivity index (χ3n) is 3.00. The number of amides is 1. The Hall–Kier alpha value is -2.77. The van der Waals surface area contributed by atoms with Crippen LogP contribution in [0.1, 0.15) is 11.4 Å². The summed E-state index contributed by atoms with van der Waals surface area (Å²) in [4.78, 5) is 11.7. The summed E-state index contributed by atoms with van der Waals surface area (Å²) >= 11 is 0. The van der Waals surface area contributed by atoms with Crippen molar-refractivity contribution in [1.82, 2.24) is 20.1 Å². The van der Waals surface area contributed by atoms with Crippen LogP contribution in [0.25, 0.3) is 6.08 Å². The summed E-state index contributed by atoms with van der Waals surface area (Å²) in [6, 6.07) is 6.25. The Morgan fingerprint density at radius 3 is 2.91 bits per heavy atom. The largest absolute Gasteiger partial charge is 0.434 e. The van der Waals surface area contributed by atoms with Crippen molar-refractivity contribution >= 4 is 12.0 Å². The van der Waals surface area contributed by atoms with Gasteiger partial charge in [0.25, 0.3) is 0 Å². The molecule has 2 aromatic rings. The molecule has 0 atom stereocenters. The van der Waals surface area contributed by atoms with Crippen LogP contribution in [-0.4, -0.2) is 33.8 Å². The normalized spacial score (nSPS) is 11.1. The molecule has 1 heterocycles. The molecule has 2 rings (SSSR count). The molecule has 0 saturated heterocycles. The minimum atomic E-state index is -2.91. The minimum absolute atomic E-state index is 0.0191. The Morgan fingerprint density at radius 1 is 1.43 bits per heavy atom. The van der Waals surface area contributed by atoms with E-state index in [1.165, 1.54) is 18.2 Å². The summed E-state index contributed by atoms with van der Waals surface area (Å²) < 4.78 is 30.7. The summed E-state index contributed by atoms with van der Waals surface area (Å²) in [6.07, 6.45) is 4.82. The SMILES string of the molecule is Cn1cnnc1CCNC(=O)/C=C\c1ccccc1OC(F)F. The fourth-order valence-corrected chi connectivity index (χ4v) is 1.88. The summed E-state index contributed by atoms with van der Waals surface area (Å²) in [5.74, 6) is 0.439. The van der Waals surface area contributed by atoms with Gasteiger partial charge in [0.1, 0.15) is 17.9 Å². The zero-order valence-corrected chi connectivity index (χ0v) is 12.4. The molecule has 0 unspecified atom stereocenters. The molecular weight excluding hydrogens is 306 g/mol. The summed E-state index contributed by atoms with van der Waals surface area (Å²) in [6.45, 7) is -2.52. The molecule has 8 heteroatoms. The third-order valence-corrected chi connectivity index (χ3v) is 3.00. The van der Waals surface area contributed by atoms with Crippen LogP contribution in [0.3, 0.4) is 0 Å². The van der Waals surface area contributed by atoms with Gasteiger partial charge in [0.2, 0.25) is 5.91 Å². The minimum Gasteiger partial charge on any atom is -0.434 e. The molecule has 1 N–H and O–H groups in total. The predicted molar refractivity (Wildman–Crippen MR) is 79.8 cm³/mol. The van der Waals surface area contributed by atoms with E-state index in [0.717, 1.165) is 5.82 Å². The second-order valence-corrected chi connectivity index (χ2v) is 4.65. The molecule has 1 aromatic heterocycles. The zero-order chi connectivity index (χ0) is 16.7. The molecule has 0 radical (unpaired) electrons. The van der Waals surface area contributed by atoms with Crippen molar-refractivity contribution in [3.05, 3.63) is 48.1 Å². The number of nitrogens with zero attached hydrogens (tertiary/aromatic N) is 3. The number of hydrogen-bond donors (Lipinski definition) is 1. The van der Waals surface area contributed by atoms with Crippen molar-refractivity contribution in [2.75, 3.05) is 6.54 Å². The molecule has 1 amide bonds. The van der Waals surface area contributed by atoms with Crippen LogP contribution in [0.15, 0.2) is 36.7 Å². The number of alkyl halides is 2. The van der Waals surface area contributed by atoms with E-state index in [0.29, 0.717) is 18.5 Å². The van der Waals surface area contributed by atoms with Crippen LogP contribution in [0.5, 0.6) is 5.75 Å². The number of carbonyl (C=O) groups excluding carboxylic acids is 1. The molecule has 1 aromatic carbocycles. The summed E-state index contributed by atoms with van der Waals surface area (Å²) in [5.41, 5.74) is 0.399. The first-order valence-electron chi connectivity index (χ1n) is 6.89. The second-order valence-electron chi connectivity index (χ2n) is 4.65. The van der Waals surface area contributed by atoms with Gasteiger partial charge in [-0.05, 0) is 12.1 Å². The molecule has 23 heavy (non-hydrogen) atoms. The lowest BCUT2D eigenvalue weighted by Crippen LogP contribution is -2.24. The van der Waals surface area contributed by atoms with Crippen LogP contribution >= 0.6 is 0 Å². The van der Waals surface area contributed by atoms with Crippen LogP contribution in [-0.2, 0) is 18.3 Å². The highest BCUT2D eigenvalue weighted by Gasteiger charge is 2.07. The van der Waals surface area contributed by atoms with E-state index in [4.69, 9.17) is 0 Å². The van der Waals surface area contributed by atoms with Crippen molar-refractivity contribution in [2.24, 2.45) is 7.05 Å². The van der Waals surface area contributed by atoms with E-state index in [9.17, 15) is 13.6 Å². The maximum atomic E-state index is 12.3. The molecule has 0 fully saturated rings. The number of aryl methyl sites for hydroxylation is 1. The Bertz CT molecular complexity index is 686. The van der Waals surface area contributed by atoms with Crippen molar-refractivity contribution in [3.63, 3.8) is 0 Å². The summed E-state index contributed by atoms with van der Waals surface area (Å²) in [7, 11) is 1.82. The van der Waals surface area contributed by atoms with Gasteiger partial charge in [-0.1, -0.05) is 18.2 Å². The standard InChI is InChI=1S/C15H16F2N4O2/c1-21-10-19-20-13(21)8-9-18-14(22)7-6-11-4-2-3-5-12(11)23-15(16)17/h2-7,10,15H,8-9H2,1H3,(H,18,22)/b7-6-. The second kappa shape index (κ2) is 8.02. The Labute approximate surface area is 131 Å². The molecule has 0 aliphatic rings. The quantitative estimate of drug-likeness (QED) is 0.789. The van der Waals surface area contributed by atoms with Crippen LogP contribution in [0.4, 0.5) is 8.78 Å². The van der Waals surface area contributed by atoms with Crippen molar-refractivity contribution in [2.45, 2.75) is 13.0 Å². The molecular formula is C15H16F2N4O2. The number of hydrogen-bond acceptors (Lipinski definition) is 4. The van der Waals surface area contributed by atoms with Crippen LogP contribution in [0, 0.1) is 0 Å². The van der Waals surface area contributed by atoms with Gasteiger partial charge in [0, 0.05) is 31.7 Å². The molecule has 0 aliphatic carbocycles. The predicted octanol–water partition coefficient (Wildman–Crippen LogP) is 1.79. The molecule has 122 valence electrons. The maximum absolute atomic E-state index is 12.3. The molecule has 0 aliphatic heterocycles. The van der Waals surface area contributed by atoms with Crippen LogP contribution < -0.4 is 10.1 Å². The molecule has 0 bridgehead atoms. The average molecular weight is 322 g/mol. The smallest absolute Gasteiger partial charge is 0.387 e. The third kappa shape index (κ3) is 5.17. The van der Waals surface area contributed by atoms with Gasteiger partial charge in [-0.2, -0.15) is 8.78 Å². The van der Waals surface area contributed by atoms with Crippen molar-refractivity contribution in [3.8, 4) is 5.75 Å². The number of benzene rings is 1. The maximum Gasteiger partial charge on any atom is 0.387 e. The number of ether oxygens (including phenoxy) is 1. The zero-order valence-electron chi connectivity index (χ0n) is 12.4. The highest BCUT2D eigenvalue weighted by atomic mass is 19.3. The van der Waals surface area contributed by atoms with Gasteiger partial charge in [-0.3, -0.25) is 4.79 Å². The average Bonchev–Trinajstić information content (AvgIpc) is 2.91. The molecule has 6 nitrogen and oxygen atoms in total. The fraction of sp³-hybridized carbons (Fsp3) is 0.267. The lowest BCUT2D eigenvalue weighted by molar-refractivity contribution is -0.116. The molecule has 0 spiro atoms. The number of rotatable bonds is 7. The van der Waals surface area contributed by atoms with Gasteiger partial charge in [-0.15, -0.1) is 10.2 Å². The van der Waals surface area contributed by atoms with E-state index in [1.54, 1.807) is 29.1 Å². The number of aromatic nitrogens is 3. The Balaban J connectivity index is 1.87. The van der Waals surface area contributed by atoms with Crippen molar-refractivity contribution in [1.29, 1.82) is 0 Å². The first-order chi connectivity index (χ1) is 11.1. The number of nitrogens with one attached hydrogen (secondary N) is 1. The number of halogens is 2. The van der Waals surface area contributed by atoms with E-state index >= 15 is 0 Å². The van der Waals surface area contributed by atoms with Crippen LogP contribution in [0.2, 0.25) is 0 Å². The Morgan fingerprint density at radius 2 is 2.22 bits per heavy atom. The fourth-order valence-electron chi connectivity index (χ4n) is 1.88. The number of para-hydroxylation sites is 1. The van der Waals surface area contributed by atoms with Gasteiger partial charge in [0.15, 0.2) is 0 Å². The summed E-state index contributed by atoms with van der Waals surface area (Å²) in [5, 5.41) is 10.3. The highest BCUT2D eigenvalue weighted by molar-refractivity contribution is 5.92. The topological polar surface area (TPSA) is 69.0 Å².